The van der Waals surface area contributed by atoms with E-state index < -0.39 is 30.4 Å². The van der Waals surface area contributed by atoms with Crippen LogP contribution in [-0.4, -0.2) is 47.9 Å². The first-order valence-electron chi connectivity index (χ1n) is 5.77. The van der Waals surface area contributed by atoms with Crippen molar-refractivity contribution >= 4 is 23.7 Å². The number of amides is 3. The minimum atomic E-state index is -1.17. The van der Waals surface area contributed by atoms with E-state index in [1.165, 1.54) is 6.92 Å². The molecule has 1 unspecified atom stereocenters. The standard InChI is InChI=1S/C11H19N3O5/c1-6(2)10(14-7(3)15)11(19)13-4-8(16)12-5-9(17)18/h6,10H,4-5H2,1-3H3,(H,12,16)(H,13,19)(H,14,15)(H,17,18). The van der Waals surface area contributed by atoms with Crippen LogP contribution in [-0.2, 0) is 19.2 Å². The van der Waals surface area contributed by atoms with E-state index in [2.05, 4.69) is 16.0 Å². The fourth-order valence-corrected chi connectivity index (χ4v) is 1.27. The lowest BCUT2D eigenvalue weighted by atomic mass is 10.0. The summed E-state index contributed by atoms with van der Waals surface area (Å²) in [6.45, 7) is 3.96. The lowest BCUT2D eigenvalue weighted by Crippen LogP contribution is -2.51. The fourth-order valence-electron chi connectivity index (χ4n) is 1.27. The summed E-state index contributed by atoms with van der Waals surface area (Å²) in [5.74, 6) is -2.75. The number of nitrogens with one attached hydrogen (secondary N) is 3. The monoisotopic (exact) mass is 273 g/mol. The zero-order valence-electron chi connectivity index (χ0n) is 11.1. The van der Waals surface area contributed by atoms with Crippen molar-refractivity contribution in [2.45, 2.75) is 26.8 Å². The Morgan fingerprint density at radius 3 is 2.05 bits per heavy atom. The molecule has 0 rings (SSSR count). The third kappa shape index (κ3) is 7.74. The number of hydrogen-bond donors (Lipinski definition) is 4. The zero-order chi connectivity index (χ0) is 15.0. The van der Waals surface area contributed by atoms with Crippen LogP contribution >= 0.6 is 0 Å². The molecule has 0 aromatic heterocycles. The van der Waals surface area contributed by atoms with Crippen LogP contribution in [0.2, 0.25) is 0 Å². The topological polar surface area (TPSA) is 125 Å². The van der Waals surface area contributed by atoms with E-state index in [-0.39, 0.29) is 18.4 Å². The molecule has 0 aliphatic heterocycles. The molecule has 0 aliphatic rings. The second-order valence-electron chi connectivity index (χ2n) is 4.31. The largest absolute Gasteiger partial charge is 0.480 e. The molecular weight excluding hydrogens is 254 g/mol. The van der Waals surface area contributed by atoms with Crippen LogP contribution in [0.15, 0.2) is 0 Å². The average molecular weight is 273 g/mol. The number of carboxylic acid groups (broad SMARTS) is 1. The predicted molar refractivity (Wildman–Crippen MR) is 66.1 cm³/mol. The highest BCUT2D eigenvalue weighted by molar-refractivity contribution is 5.90. The summed E-state index contributed by atoms with van der Waals surface area (Å²) in [7, 11) is 0. The molecule has 0 bridgehead atoms. The molecule has 8 nitrogen and oxygen atoms in total. The smallest absolute Gasteiger partial charge is 0.322 e. The van der Waals surface area contributed by atoms with Crippen molar-refractivity contribution in [3.8, 4) is 0 Å². The molecule has 0 aromatic rings. The molecule has 0 fully saturated rings. The maximum Gasteiger partial charge on any atom is 0.322 e. The normalized spacial score (nSPS) is 11.6. The SMILES string of the molecule is CC(=O)NC(C(=O)NCC(=O)NCC(=O)O)C(C)C. The molecule has 108 valence electrons. The molecule has 0 heterocycles. The molecule has 0 saturated heterocycles. The third-order valence-electron chi connectivity index (χ3n) is 2.17. The highest BCUT2D eigenvalue weighted by atomic mass is 16.4. The molecule has 0 saturated carbocycles. The minimum absolute atomic E-state index is 0.133. The van der Waals surface area contributed by atoms with Crippen molar-refractivity contribution in [3.63, 3.8) is 0 Å². The van der Waals surface area contributed by atoms with Gasteiger partial charge in [0.15, 0.2) is 0 Å². The van der Waals surface area contributed by atoms with Crippen molar-refractivity contribution in [1.29, 1.82) is 0 Å². The van der Waals surface area contributed by atoms with Gasteiger partial charge in [0, 0.05) is 6.92 Å². The molecule has 8 heteroatoms. The summed E-state index contributed by atoms with van der Waals surface area (Å²) in [4.78, 5) is 44.1. The number of aliphatic carboxylic acids is 1. The van der Waals surface area contributed by atoms with E-state index in [0.717, 1.165) is 0 Å². The molecule has 4 N–H and O–H groups in total. The Morgan fingerprint density at radius 1 is 1.05 bits per heavy atom. The summed E-state index contributed by atoms with van der Waals surface area (Å²) < 4.78 is 0. The number of carbonyl (C=O) groups excluding carboxylic acids is 3. The number of rotatable bonds is 7. The molecular formula is C11H19N3O5. The van der Waals surface area contributed by atoms with Crippen molar-refractivity contribution in [2.75, 3.05) is 13.1 Å². The van der Waals surface area contributed by atoms with Crippen LogP contribution in [0.5, 0.6) is 0 Å². The Hall–Kier alpha value is -2.12. The summed E-state index contributed by atoms with van der Waals surface area (Å²) in [5, 5.41) is 15.3. The second kappa shape index (κ2) is 8.06. The molecule has 0 spiro atoms. The first-order valence-corrected chi connectivity index (χ1v) is 5.77. The van der Waals surface area contributed by atoms with E-state index in [1.807, 2.05) is 0 Å². The summed E-state index contributed by atoms with van der Waals surface area (Å²) >= 11 is 0. The minimum Gasteiger partial charge on any atom is -0.480 e. The lowest BCUT2D eigenvalue weighted by molar-refractivity contribution is -0.138. The second-order valence-corrected chi connectivity index (χ2v) is 4.31. The highest BCUT2D eigenvalue weighted by Gasteiger charge is 2.23. The number of hydrogen-bond acceptors (Lipinski definition) is 4. The first-order chi connectivity index (χ1) is 8.73. The van der Waals surface area contributed by atoms with Gasteiger partial charge in [-0.1, -0.05) is 13.8 Å². The first kappa shape index (κ1) is 16.9. The van der Waals surface area contributed by atoms with Crippen LogP contribution in [0.3, 0.4) is 0 Å². The maximum atomic E-state index is 11.7. The summed E-state index contributed by atoms with van der Waals surface area (Å²) in [5.41, 5.74) is 0. The van der Waals surface area contributed by atoms with E-state index in [4.69, 9.17) is 5.11 Å². The van der Waals surface area contributed by atoms with Crippen LogP contribution in [0.1, 0.15) is 20.8 Å². The van der Waals surface area contributed by atoms with E-state index in [1.54, 1.807) is 13.8 Å². The fraction of sp³-hybridized carbons (Fsp3) is 0.636. The van der Waals surface area contributed by atoms with E-state index >= 15 is 0 Å². The summed E-state index contributed by atoms with van der Waals surface area (Å²) in [6.07, 6.45) is 0. The van der Waals surface area contributed by atoms with Crippen LogP contribution in [0.25, 0.3) is 0 Å². The quantitative estimate of drug-likeness (QED) is 0.447. The van der Waals surface area contributed by atoms with Gasteiger partial charge < -0.3 is 21.1 Å². The third-order valence-corrected chi connectivity index (χ3v) is 2.17. The lowest BCUT2D eigenvalue weighted by Gasteiger charge is -2.20. The van der Waals surface area contributed by atoms with Crippen LogP contribution in [0, 0.1) is 5.92 Å². The summed E-state index contributed by atoms with van der Waals surface area (Å²) in [6, 6.07) is -0.732. The van der Waals surface area contributed by atoms with Gasteiger partial charge in [0.05, 0.1) is 6.54 Å². The molecule has 1 atom stereocenters. The van der Waals surface area contributed by atoms with Gasteiger partial charge >= 0.3 is 5.97 Å². The van der Waals surface area contributed by atoms with Gasteiger partial charge in [-0.3, -0.25) is 19.2 Å². The van der Waals surface area contributed by atoms with Gasteiger partial charge in [-0.05, 0) is 5.92 Å². The van der Waals surface area contributed by atoms with Gasteiger partial charge in [-0.25, -0.2) is 0 Å². The zero-order valence-corrected chi connectivity index (χ0v) is 11.1. The Morgan fingerprint density at radius 2 is 1.63 bits per heavy atom. The van der Waals surface area contributed by atoms with Gasteiger partial charge in [0.25, 0.3) is 0 Å². The van der Waals surface area contributed by atoms with Gasteiger partial charge in [0.1, 0.15) is 12.6 Å². The predicted octanol–water partition coefficient (Wildman–Crippen LogP) is -1.54. The van der Waals surface area contributed by atoms with Crippen LogP contribution < -0.4 is 16.0 Å². The Balaban J connectivity index is 4.22. The van der Waals surface area contributed by atoms with Crippen molar-refractivity contribution < 1.29 is 24.3 Å². The van der Waals surface area contributed by atoms with E-state index in [0.29, 0.717) is 0 Å². The van der Waals surface area contributed by atoms with Gasteiger partial charge in [0.2, 0.25) is 17.7 Å². The highest BCUT2D eigenvalue weighted by Crippen LogP contribution is 2.01. The maximum absolute atomic E-state index is 11.7. The average Bonchev–Trinajstić information content (AvgIpc) is 2.29. The Labute approximate surface area is 110 Å². The van der Waals surface area contributed by atoms with Crippen molar-refractivity contribution in [3.05, 3.63) is 0 Å². The van der Waals surface area contributed by atoms with Gasteiger partial charge in [-0.15, -0.1) is 0 Å². The molecule has 19 heavy (non-hydrogen) atoms. The number of carbonyl (C=O) groups is 4. The van der Waals surface area contributed by atoms with Crippen LogP contribution in [0.4, 0.5) is 0 Å². The Kier molecular flexibility index (Phi) is 7.16. The van der Waals surface area contributed by atoms with E-state index in [9.17, 15) is 19.2 Å². The van der Waals surface area contributed by atoms with Crippen molar-refractivity contribution in [2.24, 2.45) is 5.92 Å². The van der Waals surface area contributed by atoms with Crippen molar-refractivity contribution in [1.82, 2.24) is 16.0 Å². The molecule has 0 radical (unpaired) electrons. The van der Waals surface area contributed by atoms with Gasteiger partial charge in [-0.2, -0.15) is 0 Å². The number of carboxylic acids is 1. The molecule has 0 aromatic carbocycles. The Bertz CT molecular complexity index is 367. The molecule has 0 aliphatic carbocycles. The molecule has 3 amide bonds.